The first-order valence-electron chi connectivity index (χ1n) is 5.58. The Hall–Kier alpha value is -1.59. The lowest BCUT2D eigenvalue weighted by Crippen LogP contribution is -2.43. The van der Waals surface area contributed by atoms with Crippen molar-refractivity contribution in [3.63, 3.8) is 0 Å². The van der Waals surface area contributed by atoms with Gasteiger partial charge in [0.1, 0.15) is 6.04 Å². The second-order valence-electron chi connectivity index (χ2n) is 3.94. The number of benzene rings is 1. The van der Waals surface area contributed by atoms with Gasteiger partial charge in [-0.3, -0.25) is 9.59 Å². The van der Waals surface area contributed by atoms with Crippen molar-refractivity contribution in [3.05, 3.63) is 30.3 Å². The zero-order valence-electron chi connectivity index (χ0n) is 9.83. The molecule has 18 heavy (non-hydrogen) atoms. The van der Waals surface area contributed by atoms with Crippen LogP contribution in [0, 0.1) is 0 Å². The maximum absolute atomic E-state index is 12.0. The van der Waals surface area contributed by atoms with Crippen LogP contribution in [0.2, 0.25) is 0 Å². The van der Waals surface area contributed by atoms with Gasteiger partial charge >= 0.3 is 0 Å². The Morgan fingerprint density at radius 3 is 2.67 bits per heavy atom. The van der Waals surface area contributed by atoms with Crippen molar-refractivity contribution in [1.82, 2.24) is 5.32 Å². The molecule has 0 aliphatic carbocycles. The van der Waals surface area contributed by atoms with Gasteiger partial charge in [0.15, 0.2) is 0 Å². The molecule has 5 nitrogen and oxygen atoms in total. The minimum absolute atomic E-state index is 0. The van der Waals surface area contributed by atoms with Gasteiger partial charge in [0.2, 0.25) is 11.8 Å². The van der Waals surface area contributed by atoms with E-state index in [9.17, 15) is 9.59 Å². The number of hydrogen-bond acceptors (Lipinski definition) is 3. The summed E-state index contributed by atoms with van der Waals surface area (Å²) < 4.78 is 0. The summed E-state index contributed by atoms with van der Waals surface area (Å²) in [6.07, 6.45) is 0.624. The van der Waals surface area contributed by atoms with Crippen LogP contribution in [-0.4, -0.2) is 30.9 Å². The van der Waals surface area contributed by atoms with E-state index in [0.29, 0.717) is 13.0 Å². The highest BCUT2D eigenvalue weighted by atomic mass is 35.5. The third-order valence-corrected chi connectivity index (χ3v) is 2.79. The number of carbonyl (C=O) groups excluding carboxylic acids is 2. The van der Waals surface area contributed by atoms with Crippen LogP contribution < -0.4 is 16.0 Å². The van der Waals surface area contributed by atoms with Crippen molar-refractivity contribution in [3.8, 4) is 0 Å². The van der Waals surface area contributed by atoms with Gasteiger partial charge < -0.3 is 16.0 Å². The maximum atomic E-state index is 12.0. The number of halogens is 1. The number of nitrogens with two attached hydrogens (primary N) is 1. The van der Waals surface area contributed by atoms with E-state index < -0.39 is 6.04 Å². The Balaban J connectivity index is 0.00000162. The topological polar surface area (TPSA) is 75.4 Å². The average molecular weight is 270 g/mol. The smallest absolute Gasteiger partial charge is 0.249 e. The molecule has 3 N–H and O–H groups in total. The normalized spacial score (nSPS) is 18.4. The second-order valence-corrected chi connectivity index (χ2v) is 3.94. The highest BCUT2D eigenvalue weighted by molar-refractivity contribution is 6.01. The first-order valence-corrected chi connectivity index (χ1v) is 5.58. The Morgan fingerprint density at radius 2 is 2.06 bits per heavy atom. The zero-order chi connectivity index (χ0) is 12.3. The molecule has 1 aromatic carbocycles. The fourth-order valence-electron chi connectivity index (χ4n) is 1.93. The summed E-state index contributed by atoms with van der Waals surface area (Å²) in [6, 6.07) is 8.99. The van der Waals surface area contributed by atoms with Gasteiger partial charge in [-0.05, 0) is 18.6 Å². The monoisotopic (exact) mass is 269 g/mol. The van der Waals surface area contributed by atoms with Crippen LogP contribution in [0.1, 0.15) is 6.42 Å². The molecule has 1 aliphatic heterocycles. The molecule has 1 saturated heterocycles. The van der Waals surface area contributed by atoms with Crippen LogP contribution in [0.15, 0.2) is 30.3 Å². The molecular formula is C12H16ClN3O2. The highest BCUT2D eigenvalue weighted by Crippen LogP contribution is 2.20. The standard InChI is InChI=1S/C12H15N3O2.ClH/c13-8-11(16)14-10-6-7-15(12(10)17)9-4-2-1-3-5-9;/h1-5,10H,6-8,13H2,(H,14,16);1H. The quantitative estimate of drug-likeness (QED) is 0.828. The van der Waals surface area contributed by atoms with E-state index in [1.165, 1.54) is 0 Å². The van der Waals surface area contributed by atoms with Gasteiger partial charge in [0.05, 0.1) is 6.54 Å². The van der Waals surface area contributed by atoms with Crippen molar-refractivity contribution in [1.29, 1.82) is 0 Å². The number of nitrogens with zero attached hydrogens (tertiary/aromatic N) is 1. The van der Waals surface area contributed by atoms with E-state index >= 15 is 0 Å². The van der Waals surface area contributed by atoms with Crippen LogP contribution in [0.25, 0.3) is 0 Å². The largest absolute Gasteiger partial charge is 0.343 e. The fraction of sp³-hybridized carbons (Fsp3) is 0.333. The third-order valence-electron chi connectivity index (χ3n) is 2.79. The van der Waals surface area contributed by atoms with Crippen LogP contribution in [-0.2, 0) is 9.59 Å². The second kappa shape index (κ2) is 6.37. The molecule has 2 amide bonds. The molecule has 6 heteroatoms. The number of para-hydroxylation sites is 1. The van der Waals surface area contributed by atoms with Crippen molar-refractivity contribution < 1.29 is 9.59 Å². The number of hydrogen-bond donors (Lipinski definition) is 2. The predicted octanol–water partition coefficient (Wildman–Crippen LogP) is 0.289. The Kier molecular flexibility index (Phi) is 5.12. The number of rotatable bonds is 3. The molecule has 0 spiro atoms. The molecule has 1 fully saturated rings. The summed E-state index contributed by atoms with van der Waals surface area (Å²) in [5.41, 5.74) is 6.07. The van der Waals surface area contributed by atoms with Crippen molar-refractivity contribution >= 4 is 29.9 Å². The maximum Gasteiger partial charge on any atom is 0.249 e. The van der Waals surface area contributed by atoms with Crippen LogP contribution in [0.5, 0.6) is 0 Å². The molecule has 0 aromatic heterocycles. The zero-order valence-corrected chi connectivity index (χ0v) is 10.7. The van der Waals surface area contributed by atoms with E-state index in [1.807, 2.05) is 30.3 Å². The SMILES string of the molecule is Cl.NCC(=O)NC1CCN(c2ccccc2)C1=O. The van der Waals surface area contributed by atoms with Crippen LogP contribution >= 0.6 is 12.4 Å². The summed E-state index contributed by atoms with van der Waals surface area (Å²) >= 11 is 0. The van der Waals surface area contributed by atoms with E-state index in [-0.39, 0.29) is 30.8 Å². The molecule has 1 heterocycles. The first-order chi connectivity index (χ1) is 8.22. The van der Waals surface area contributed by atoms with Gasteiger partial charge in [0, 0.05) is 12.2 Å². The van der Waals surface area contributed by atoms with E-state index in [4.69, 9.17) is 5.73 Å². The average Bonchev–Trinajstić information content (AvgIpc) is 2.72. The number of carbonyl (C=O) groups is 2. The molecule has 1 aromatic rings. The summed E-state index contributed by atoms with van der Waals surface area (Å²) in [6.45, 7) is 0.535. The fourth-order valence-corrected chi connectivity index (χ4v) is 1.93. The van der Waals surface area contributed by atoms with Gasteiger partial charge in [-0.25, -0.2) is 0 Å². The Bertz CT molecular complexity index is 425. The van der Waals surface area contributed by atoms with Gasteiger partial charge in [-0.1, -0.05) is 18.2 Å². The number of anilines is 1. The van der Waals surface area contributed by atoms with Crippen molar-refractivity contribution in [2.75, 3.05) is 18.0 Å². The lowest BCUT2D eigenvalue weighted by Gasteiger charge is -2.16. The van der Waals surface area contributed by atoms with Crippen LogP contribution in [0.4, 0.5) is 5.69 Å². The minimum atomic E-state index is -0.439. The molecule has 1 aliphatic rings. The molecule has 2 rings (SSSR count). The number of amides is 2. The third kappa shape index (κ3) is 3.00. The van der Waals surface area contributed by atoms with Crippen LogP contribution in [0.3, 0.4) is 0 Å². The van der Waals surface area contributed by atoms with E-state index in [2.05, 4.69) is 5.32 Å². The van der Waals surface area contributed by atoms with Gasteiger partial charge in [0.25, 0.3) is 0 Å². The molecule has 0 saturated carbocycles. The molecular weight excluding hydrogens is 254 g/mol. The molecule has 0 radical (unpaired) electrons. The Labute approximate surface area is 112 Å². The lowest BCUT2D eigenvalue weighted by atomic mass is 10.2. The summed E-state index contributed by atoms with van der Waals surface area (Å²) in [7, 11) is 0. The Morgan fingerprint density at radius 1 is 1.39 bits per heavy atom. The molecule has 0 bridgehead atoms. The van der Waals surface area contributed by atoms with Crippen molar-refractivity contribution in [2.24, 2.45) is 5.73 Å². The van der Waals surface area contributed by atoms with Gasteiger partial charge in [-0.15, -0.1) is 12.4 Å². The van der Waals surface area contributed by atoms with E-state index in [0.717, 1.165) is 5.69 Å². The summed E-state index contributed by atoms with van der Waals surface area (Å²) in [5, 5.41) is 2.62. The first kappa shape index (κ1) is 14.5. The van der Waals surface area contributed by atoms with Gasteiger partial charge in [-0.2, -0.15) is 0 Å². The lowest BCUT2D eigenvalue weighted by molar-refractivity contribution is -0.125. The van der Waals surface area contributed by atoms with E-state index in [1.54, 1.807) is 4.90 Å². The number of nitrogens with one attached hydrogen (secondary N) is 1. The van der Waals surface area contributed by atoms with Crippen molar-refractivity contribution in [2.45, 2.75) is 12.5 Å². The minimum Gasteiger partial charge on any atom is -0.343 e. The molecule has 1 unspecified atom stereocenters. The highest BCUT2D eigenvalue weighted by Gasteiger charge is 2.33. The summed E-state index contributed by atoms with van der Waals surface area (Å²) in [4.78, 5) is 24.9. The molecule has 1 atom stereocenters. The predicted molar refractivity (Wildman–Crippen MR) is 71.6 cm³/mol. The molecule has 98 valence electrons. The summed E-state index contributed by atoms with van der Waals surface area (Å²) in [5.74, 6) is -0.365.